The number of benzene rings is 2. The number of aryl methyl sites for hydroxylation is 2. The molecule has 1 fully saturated rings. The van der Waals surface area contributed by atoms with Crippen LogP contribution in [0.1, 0.15) is 46.3 Å². The monoisotopic (exact) mass is 378 g/mol. The van der Waals surface area contributed by atoms with Gasteiger partial charge in [-0.05, 0) is 61.4 Å². The van der Waals surface area contributed by atoms with Gasteiger partial charge in [0.05, 0.1) is 0 Å². The number of hydrogen-bond acceptors (Lipinski definition) is 3. The molecular weight excluding hydrogens is 352 g/mol. The van der Waals surface area contributed by atoms with E-state index in [0.717, 1.165) is 37.8 Å². The van der Waals surface area contributed by atoms with E-state index < -0.39 is 0 Å². The van der Waals surface area contributed by atoms with Crippen molar-refractivity contribution in [2.75, 3.05) is 18.5 Å². The first-order valence-corrected chi connectivity index (χ1v) is 10.0. The van der Waals surface area contributed by atoms with Crippen LogP contribution in [0.5, 0.6) is 0 Å². The van der Waals surface area contributed by atoms with Gasteiger partial charge in [-0.2, -0.15) is 0 Å². The summed E-state index contributed by atoms with van der Waals surface area (Å²) >= 11 is 0. The van der Waals surface area contributed by atoms with Crippen molar-refractivity contribution in [1.82, 2.24) is 4.90 Å². The van der Waals surface area contributed by atoms with E-state index in [-0.39, 0.29) is 17.9 Å². The average molecular weight is 378 g/mol. The van der Waals surface area contributed by atoms with Crippen LogP contribution in [0.15, 0.2) is 42.5 Å². The summed E-state index contributed by atoms with van der Waals surface area (Å²) in [6.45, 7) is 3.92. The third kappa shape index (κ3) is 3.94. The van der Waals surface area contributed by atoms with Crippen molar-refractivity contribution >= 4 is 17.5 Å². The first-order valence-electron chi connectivity index (χ1n) is 10.0. The Bertz CT molecular complexity index is 887. The third-order valence-electron chi connectivity index (χ3n) is 5.61. The maximum absolute atomic E-state index is 13.2. The molecule has 0 spiro atoms. The van der Waals surface area contributed by atoms with Crippen molar-refractivity contribution in [3.8, 4) is 0 Å². The molecule has 4 rings (SSSR count). The van der Waals surface area contributed by atoms with E-state index in [4.69, 9.17) is 4.74 Å². The zero-order valence-electron chi connectivity index (χ0n) is 16.2. The molecule has 0 radical (unpaired) electrons. The number of carbonyl (C=O) groups excluding carboxylic acids is 2. The van der Waals surface area contributed by atoms with Crippen LogP contribution in [0.4, 0.5) is 5.69 Å². The van der Waals surface area contributed by atoms with Crippen LogP contribution in [-0.4, -0.2) is 36.0 Å². The molecule has 146 valence electrons. The van der Waals surface area contributed by atoms with Gasteiger partial charge in [0.25, 0.3) is 11.8 Å². The highest BCUT2D eigenvalue weighted by Gasteiger charge is 2.25. The van der Waals surface area contributed by atoms with Gasteiger partial charge in [-0.25, -0.2) is 0 Å². The first-order chi connectivity index (χ1) is 13.6. The van der Waals surface area contributed by atoms with Crippen molar-refractivity contribution in [3.63, 3.8) is 0 Å². The van der Waals surface area contributed by atoms with Gasteiger partial charge in [0, 0.05) is 30.9 Å². The SMILES string of the molecule is Cc1ccc(C(=O)N2CCCc3ccccc3C2)cc1NC(=O)C1CCCO1. The van der Waals surface area contributed by atoms with Crippen LogP contribution >= 0.6 is 0 Å². The van der Waals surface area contributed by atoms with E-state index >= 15 is 0 Å². The number of hydrogen-bond donors (Lipinski definition) is 1. The highest BCUT2D eigenvalue weighted by atomic mass is 16.5. The Morgan fingerprint density at radius 2 is 1.93 bits per heavy atom. The molecule has 1 atom stereocenters. The second-order valence-corrected chi connectivity index (χ2v) is 7.62. The van der Waals surface area contributed by atoms with Crippen molar-refractivity contribution in [1.29, 1.82) is 0 Å². The van der Waals surface area contributed by atoms with Crippen LogP contribution in [0, 0.1) is 6.92 Å². The summed E-state index contributed by atoms with van der Waals surface area (Å²) in [7, 11) is 0. The van der Waals surface area contributed by atoms with Gasteiger partial charge in [-0.3, -0.25) is 9.59 Å². The zero-order valence-corrected chi connectivity index (χ0v) is 16.2. The summed E-state index contributed by atoms with van der Waals surface area (Å²) in [5.41, 5.74) is 4.76. The molecule has 0 saturated carbocycles. The normalized spacial score (nSPS) is 19.0. The molecule has 0 aliphatic carbocycles. The lowest BCUT2D eigenvalue weighted by Crippen LogP contribution is -2.31. The highest BCUT2D eigenvalue weighted by Crippen LogP contribution is 2.23. The Morgan fingerprint density at radius 1 is 1.11 bits per heavy atom. The molecule has 5 nitrogen and oxygen atoms in total. The van der Waals surface area contributed by atoms with Crippen LogP contribution in [0.25, 0.3) is 0 Å². The van der Waals surface area contributed by atoms with Gasteiger partial charge in [-0.15, -0.1) is 0 Å². The van der Waals surface area contributed by atoms with Gasteiger partial charge >= 0.3 is 0 Å². The molecule has 2 aromatic rings. The Balaban J connectivity index is 1.52. The fourth-order valence-electron chi connectivity index (χ4n) is 3.94. The number of ether oxygens (including phenoxy) is 1. The lowest BCUT2D eigenvalue weighted by molar-refractivity contribution is -0.124. The number of nitrogens with one attached hydrogen (secondary N) is 1. The van der Waals surface area contributed by atoms with Gasteiger partial charge in [0.2, 0.25) is 0 Å². The molecule has 1 saturated heterocycles. The highest BCUT2D eigenvalue weighted by molar-refractivity contribution is 5.99. The maximum Gasteiger partial charge on any atom is 0.254 e. The van der Waals surface area contributed by atoms with Gasteiger partial charge in [0.1, 0.15) is 6.10 Å². The quantitative estimate of drug-likeness (QED) is 0.886. The number of anilines is 1. The van der Waals surface area contributed by atoms with Crippen molar-refractivity contribution in [3.05, 3.63) is 64.7 Å². The second kappa shape index (κ2) is 8.15. The average Bonchev–Trinajstić information content (AvgIpc) is 3.16. The standard InChI is InChI=1S/C23H26N2O3/c1-16-10-11-18(14-20(16)24-22(26)21-9-5-13-28-21)23(27)25-12-4-8-17-6-2-3-7-19(17)15-25/h2-3,6-7,10-11,14,21H,4-5,8-9,12-13,15H2,1H3,(H,24,26). The minimum Gasteiger partial charge on any atom is -0.368 e. The number of nitrogens with zero attached hydrogens (tertiary/aromatic N) is 1. The van der Waals surface area contributed by atoms with Gasteiger partial charge < -0.3 is 15.0 Å². The number of amides is 2. The topological polar surface area (TPSA) is 58.6 Å². The maximum atomic E-state index is 13.2. The molecular formula is C23H26N2O3. The fraction of sp³-hybridized carbons (Fsp3) is 0.391. The first kappa shape index (κ1) is 18.7. The van der Waals surface area contributed by atoms with Crippen LogP contribution in [0.2, 0.25) is 0 Å². The zero-order chi connectivity index (χ0) is 19.5. The molecule has 1 unspecified atom stereocenters. The summed E-state index contributed by atoms with van der Waals surface area (Å²) in [5.74, 6) is -0.127. The Morgan fingerprint density at radius 3 is 2.71 bits per heavy atom. The minimum absolute atomic E-state index is 0.00400. The van der Waals surface area contributed by atoms with E-state index in [1.54, 1.807) is 6.07 Å². The lowest BCUT2D eigenvalue weighted by atomic mass is 10.0. The Hall–Kier alpha value is -2.66. The van der Waals surface area contributed by atoms with Gasteiger partial charge in [0.15, 0.2) is 0 Å². The van der Waals surface area contributed by atoms with Crippen LogP contribution in [0.3, 0.4) is 0 Å². The summed E-state index contributed by atoms with van der Waals surface area (Å²) in [5, 5.41) is 2.94. The van der Waals surface area contributed by atoms with E-state index in [2.05, 4.69) is 23.5 Å². The number of fused-ring (bicyclic) bond motifs is 1. The van der Waals surface area contributed by atoms with Crippen molar-refractivity contribution in [2.45, 2.75) is 45.3 Å². The van der Waals surface area contributed by atoms with Crippen molar-refractivity contribution < 1.29 is 14.3 Å². The number of rotatable bonds is 3. The van der Waals surface area contributed by atoms with Crippen molar-refractivity contribution in [2.24, 2.45) is 0 Å². The van der Waals surface area contributed by atoms with E-state index in [9.17, 15) is 9.59 Å². The molecule has 2 aliphatic rings. The van der Waals surface area contributed by atoms with E-state index in [0.29, 0.717) is 24.4 Å². The molecule has 2 heterocycles. The minimum atomic E-state index is -0.388. The molecule has 1 N–H and O–H groups in total. The van der Waals surface area contributed by atoms with Crippen LogP contribution < -0.4 is 5.32 Å². The molecule has 2 amide bonds. The molecule has 0 aromatic heterocycles. The summed E-state index contributed by atoms with van der Waals surface area (Å²) in [6, 6.07) is 13.9. The smallest absolute Gasteiger partial charge is 0.254 e. The predicted molar refractivity (Wildman–Crippen MR) is 108 cm³/mol. The molecule has 5 heteroatoms. The van der Waals surface area contributed by atoms with E-state index in [1.807, 2.05) is 30.0 Å². The predicted octanol–water partition coefficient (Wildman–Crippen LogP) is 3.70. The second-order valence-electron chi connectivity index (χ2n) is 7.62. The number of carbonyl (C=O) groups is 2. The molecule has 2 aromatic carbocycles. The summed E-state index contributed by atoms with van der Waals surface area (Å²) < 4.78 is 5.46. The molecule has 2 aliphatic heterocycles. The largest absolute Gasteiger partial charge is 0.368 e. The Labute approximate surface area is 165 Å². The Kier molecular flexibility index (Phi) is 5.44. The van der Waals surface area contributed by atoms with Crippen LogP contribution in [-0.2, 0) is 22.5 Å². The molecule has 0 bridgehead atoms. The molecule has 28 heavy (non-hydrogen) atoms. The summed E-state index contributed by atoms with van der Waals surface area (Å²) in [6.07, 6.45) is 3.22. The summed E-state index contributed by atoms with van der Waals surface area (Å²) in [4.78, 5) is 27.5. The fourth-order valence-corrected chi connectivity index (χ4v) is 3.94. The van der Waals surface area contributed by atoms with Gasteiger partial charge in [-0.1, -0.05) is 30.3 Å². The lowest BCUT2D eigenvalue weighted by Gasteiger charge is -2.22. The van der Waals surface area contributed by atoms with E-state index in [1.165, 1.54) is 11.1 Å². The third-order valence-corrected chi connectivity index (χ3v) is 5.61.